The molecule has 34 heavy (non-hydrogen) atoms. The van der Waals surface area contributed by atoms with Gasteiger partial charge < -0.3 is 24.5 Å². The van der Waals surface area contributed by atoms with Gasteiger partial charge in [-0.05, 0) is 50.5 Å². The molecule has 2 fully saturated rings. The molecule has 0 bridgehead atoms. The Hall–Kier alpha value is -2.85. The zero-order chi connectivity index (χ0) is 23.6. The van der Waals surface area contributed by atoms with Crippen LogP contribution in [0.3, 0.4) is 0 Å². The number of fused-ring (bicyclic) bond motifs is 3. The largest absolute Gasteiger partial charge is 0.381 e. The molecule has 1 unspecified atom stereocenters. The van der Waals surface area contributed by atoms with Gasteiger partial charge in [-0.15, -0.1) is 0 Å². The van der Waals surface area contributed by atoms with Crippen molar-refractivity contribution in [3.05, 3.63) is 59.4 Å². The first-order valence-corrected chi connectivity index (χ1v) is 11.5. The van der Waals surface area contributed by atoms with Crippen LogP contribution in [-0.4, -0.2) is 43.6 Å². The Morgan fingerprint density at radius 1 is 1.15 bits per heavy atom. The van der Waals surface area contributed by atoms with E-state index >= 15 is 0 Å². The van der Waals surface area contributed by atoms with E-state index in [-0.39, 0.29) is 24.1 Å². The number of hydrogen-bond acceptors (Lipinski definition) is 7. The highest BCUT2D eigenvalue weighted by Gasteiger charge is 2.55. The van der Waals surface area contributed by atoms with E-state index in [1.165, 1.54) is 12.4 Å². The minimum absolute atomic E-state index is 0.101. The number of ether oxygens (including phenoxy) is 3. The van der Waals surface area contributed by atoms with Gasteiger partial charge >= 0.3 is 0 Å². The fraction of sp³-hybridized carbons (Fsp3) is 0.375. The van der Waals surface area contributed by atoms with Crippen LogP contribution in [0.25, 0.3) is 21.9 Å². The number of rotatable bonds is 4. The molecule has 0 aliphatic carbocycles. The van der Waals surface area contributed by atoms with E-state index < -0.39 is 17.8 Å². The SMILES string of the molecule is CC1(C)O[C@@H]2[C@@H](CCc3ccc4cc(F)c(N)nc4c3)OC(n3ccc4c(Cl)ncnc43)[C@@H]2O1. The van der Waals surface area contributed by atoms with Crippen molar-refractivity contribution in [3.63, 3.8) is 0 Å². The van der Waals surface area contributed by atoms with Crippen molar-refractivity contribution in [2.75, 3.05) is 5.73 Å². The highest BCUT2D eigenvalue weighted by Crippen LogP contribution is 2.45. The van der Waals surface area contributed by atoms with Crippen molar-refractivity contribution in [1.29, 1.82) is 0 Å². The normalized spacial score (nSPS) is 25.9. The van der Waals surface area contributed by atoms with Crippen LogP contribution in [-0.2, 0) is 20.6 Å². The van der Waals surface area contributed by atoms with Gasteiger partial charge in [-0.2, -0.15) is 0 Å². The summed E-state index contributed by atoms with van der Waals surface area (Å²) in [6.45, 7) is 3.82. The van der Waals surface area contributed by atoms with Gasteiger partial charge in [0, 0.05) is 11.6 Å². The third kappa shape index (κ3) is 3.60. The second-order valence-electron chi connectivity index (χ2n) is 9.18. The highest BCUT2D eigenvalue weighted by atomic mass is 35.5. The lowest BCUT2D eigenvalue weighted by Gasteiger charge is -2.25. The monoisotopic (exact) mass is 483 g/mol. The van der Waals surface area contributed by atoms with Gasteiger partial charge in [0.15, 0.2) is 23.7 Å². The highest BCUT2D eigenvalue weighted by molar-refractivity contribution is 6.33. The zero-order valence-electron chi connectivity index (χ0n) is 18.6. The Morgan fingerprint density at radius 2 is 1.97 bits per heavy atom. The molecule has 8 nitrogen and oxygen atoms in total. The smallest absolute Gasteiger partial charge is 0.165 e. The molecule has 5 heterocycles. The number of aromatic nitrogens is 4. The summed E-state index contributed by atoms with van der Waals surface area (Å²) in [5, 5.41) is 1.86. The van der Waals surface area contributed by atoms with E-state index in [4.69, 9.17) is 31.5 Å². The van der Waals surface area contributed by atoms with Gasteiger partial charge in [-0.25, -0.2) is 19.3 Å². The maximum absolute atomic E-state index is 13.7. The molecule has 0 amide bonds. The first kappa shape index (κ1) is 21.7. The molecule has 2 N–H and O–H groups in total. The van der Waals surface area contributed by atoms with E-state index in [0.29, 0.717) is 28.1 Å². The zero-order valence-corrected chi connectivity index (χ0v) is 19.4. The van der Waals surface area contributed by atoms with Gasteiger partial charge in [0.05, 0.1) is 17.0 Å². The van der Waals surface area contributed by atoms with E-state index in [1.807, 2.05) is 48.9 Å². The predicted octanol–water partition coefficient (Wildman–Crippen LogP) is 4.40. The maximum Gasteiger partial charge on any atom is 0.165 e. The number of hydrogen-bond donors (Lipinski definition) is 1. The fourth-order valence-electron chi connectivity index (χ4n) is 4.93. The van der Waals surface area contributed by atoms with Crippen LogP contribution in [0.1, 0.15) is 32.1 Å². The number of benzene rings is 1. The number of anilines is 1. The van der Waals surface area contributed by atoms with Crippen molar-refractivity contribution in [3.8, 4) is 0 Å². The first-order chi connectivity index (χ1) is 16.3. The van der Waals surface area contributed by atoms with Crippen LogP contribution >= 0.6 is 11.6 Å². The Morgan fingerprint density at radius 3 is 2.82 bits per heavy atom. The molecule has 0 radical (unpaired) electrons. The summed E-state index contributed by atoms with van der Waals surface area (Å²) in [6, 6.07) is 9.04. The average molecular weight is 484 g/mol. The quantitative estimate of drug-likeness (QED) is 0.429. The van der Waals surface area contributed by atoms with Crippen LogP contribution in [0.15, 0.2) is 42.9 Å². The van der Waals surface area contributed by atoms with E-state index in [9.17, 15) is 4.39 Å². The minimum atomic E-state index is -0.723. The van der Waals surface area contributed by atoms with E-state index in [2.05, 4.69) is 15.0 Å². The third-order valence-corrected chi connectivity index (χ3v) is 6.74. The lowest BCUT2D eigenvalue weighted by atomic mass is 10.0. The van der Waals surface area contributed by atoms with Crippen molar-refractivity contribution in [1.82, 2.24) is 19.5 Å². The number of aryl methyl sites for hydroxylation is 1. The number of nitrogens with zero attached hydrogens (tertiary/aromatic N) is 4. The second kappa shape index (κ2) is 7.84. The van der Waals surface area contributed by atoms with Gasteiger partial charge in [-0.3, -0.25) is 0 Å². The Kier molecular flexibility index (Phi) is 5.00. The molecule has 6 rings (SSSR count). The molecule has 0 saturated carbocycles. The Balaban J connectivity index is 1.27. The number of pyridine rings is 1. The topological polar surface area (TPSA) is 97.3 Å². The third-order valence-electron chi connectivity index (χ3n) is 6.44. The summed E-state index contributed by atoms with van der Waals surface area (Å²) in [5.41, 5.74) is 8.05. The minimum Gasteiger partial charge on any atom is -0.381 e. The van der Waals surface area contributed by atoms with Crippen LogP contribution in [0.5, 0.6) is 0 Å². The molecule has 2 aliphatic heterocycles. The molecule has 176 valence electrons. The number of halogens is 2. The van der Waals surface area contributed by atoms with Gasteiger partial charge in [0.25, 0.3) is 0 Å². The second-order valence-corrected chi connectivity index (χ2v) is 9.53. The summed E-state index contributed by atoms with van der Waals surface area (Å²) in [7, 11) is 0. The maximum atomic E-state index is 13.7. The molecular formula is C24H23ClFN5O3. The Labute approximate surface area is 199 Å². The predicted molar refractivity (Wildman–Crippen MR) is 125 cm³/mol. The van der Waals surface area contributed by atoms with E-state index in [1.54, 1.807) is 0 Å². The lowest BCUT2D eigenvalue weighted by molar-refractivity contribution is -0.196. The molecule has 2 aliphatic rings. The van der Waals surface area contributed by atoms with Crippen LogP contribution < -0.4 is 5.73 Å². The molecular weight excluding hydrogens is 461 g/mol. The van der Waals surface area contributed by atoms with Crippen molar-refractivity contribution in [2.24, 2.45) is 0 Å². The van der Waals surface area contributed by atoms with Gasteiger partial charge in [-0.1, -0.05) is 23.7 Å². The van der Waals surface area contributed by atoms with Crippen molar-refractivity contribution in [2.45, 2.75) is 57.0 Å². The summed E-state index contributed by atoms with van der Waals surface area (Å²) >= 11 is 6.24. The molecule has 4 aromatic rings. The fourth-order valence-corrected chi connectivity index (χ4v) is 5.12. The molecule has 0 spiro atoms. The van der Waals surface area contributed by atoms with Gasteiger partial charge in [0.1, 0.15) is 29.3 Å². The van der Waals surface area contributed by atoms with E-state index in [0.717, 1.165) is 17.4 Å². The van der Waals surface area contributed by atoms with Crippen molar-refractivity contribution >= 4 is 39.4 Å². The molecule has 3 aromatic heterocycles. The van der Waals surface area contributed by atoms with Crippen LogP contribution in [0.4, 0.5) is 10.2 Å². The average Bonchev–Trinajstić information content (AvgIpc) is 3.45. The Bertz CT molecular complexity index is 1410. The number of nitrogens with two attached hydrogens (primary N) is 1. The molecule has 10 heteroatoms. The van der Waals surface area contributed by atoms with Gasteiger partial charge in [0.2, 0.25) is 0 Å². The molecule has 1 aromatic carbocycles. The number of nitrogen functional groups attached to an aromatic ring is 1. The lowest BCUT2D eigenvalue weighted by Crippen LogP contribution is -2.29. The molecule has 4 atom stereocenters. The molecule has 2 saturated heterocycles. The van der Waals surface area contributed by atoms with Crippen molar-refractivity contribution < 1.29 is 18.6 Å². The summed E-state index contributed by atoms with van der Waals surface area (Å²) in [4.78, 5) is 12.6. The van der Waals surface area contributed by atoms with Crippen LogP contribution in [0, 0.1) is 5.82 Å². The summed E-state index contributed by atoms with van der Waals surface area (Å²) < 4.78 is 34.6. The van der Waals surface area contributed by atoms with Crippen LogP contribution in [0.2, 0.25) is 5.15 Å². The first-order valence-electron chi connectivity index (χ1n) is 11.1. The standard InChI is InChI=1S/C24H23ClFN5O3/c1-24(2)33-18-17(6-4-12-3-5-13-10-15(26)21(27)30-16(13)9-12)32-23(19(18)34-24)31-8-7-14-20(25)28-11-29-22(14)31/h3,5,7-11,17-19,23H,4,6H2,1-2H3,(H2,27,30)/t17-,18-,19-,23?/m1/s1. The summed E-state index contributed by atoms with van der Waals surface area (Å²) in [6.07, 6.45) is 3.60. The summed E-state index contributed by atoms with van der Waals surface area (Å²) in [5.74, 6) is -1.34.